The topological polar surface area (TPSA) is 52.6 Å². The van der Waals surface area contributed by atoms with Crippen molar-refractivity contribution >= 4 is 11.8 Å². The van der Waals surface area contributed by atoms with Crippen LogP contribution in [0.1, 0.15) is 37.7 Å². The number of esters is 1. The predicted molar refractivity (Wildman–Crippen MR) is 83.8 cm³/mol. The summed E-state index contributed by atoms with van der Waals surface area (Å²) < 4.78 is 9.83. The summed E-state index contributed by atoms with van der Waals surface area (Å²) in [5.41, 5.74) is 1.27. The lowest BCUT2D eigenvalue weighted by Crippen LogP contribution is -2.26. The normalized spacial score (nSPS) is 21.5. The van der Waals surface area contributed by atoms with Gasteiger partial charge in [-0.05, 0) is 49.3 Å². The van der Waals surface area contributed by atoms with Crippen LogP contribution in [0.5, 0.6) is 5.75 Å². The van der Waals surface area contributed by atoms with Crippen LogP contribution in [0.3, 0.4) is 0 Å². The zero-order chi connectivity index (χ0) is 15.9. The first-order chi connectivity index (χ1) is 10.6. The molecule has 1 saturated carbocycles. The summed E-state index contributed by atoms with van der Waals surface area (Å²) in [7, 11) is 3.05. The van der Waals surface area contributed by atoms with Crippen LogP contribution in [-0.4, -0.2) is 26.0 Å². The fourth-order valence-electron chi connectivity index (χ4n) is 3.16. The lowest BCUT2D eigenvalue weighted by atomic mass is 9.76. The Morgan fingerprint density at radius 3 is 2.59 bits per heavy atom. The average Bonchev–Trinajstić information content (AvgIpc) is 2.55. The summed E-state index contributed by atoms with van der Waals surface area (Å²) in [5.74, 6) is 1.45. The minimum atomic E-state index is -0.231. The number of rotatable bonds is 6. The van der Waals surface area contributed by atoms with Crippen molar-refractivity contribution in [2.45, 2.75) is 38.5 Å². The van der Waals surface area contributed by atoms with E-state index in [0.29, 0.717) is 31.0 Å². The highest BCUT2D eigenvalue weighted by Gasteiger charge is 2.29. The average molecular weight is 304 g/mol. The molecule has 0 bridgehead atoms. The molecule has 2 unspecified atom stereocenters. The van der Waals surface area contributed by atoms with Gasteiger partial charge in [0.15, 0.2) is 0 Å². The molecule has 1 fully saturated rings. The molecule has 0 aliphatic heterocycles. The molecule has 0 spiro atoms. The Morgan fingerprint density at radius 2 is 1.95 bits per heavy atom. The van der Waals surface area contributed by atoms with Gasteiger partial charge >= 0.3 is 5.97 Å². The Bertz CT molecular complexity index is 506. The van der Waals surface area contributed by atoms with E-state index in [9.17, 15) is 9.59 Å². The van der Waals surface area contributed by atoms with Crippen molar-refractivity contribution in [3.05, 3.63) is 29.8 Å². The zero-order valence-corrected chi connectivity index (χ0v) is 13.3. The number of benzene rings is 1. The van der Waals surface area contributed by atoms with E-state index in [4.69, 9.17) is 4.74 Å². The van der Waals surface area contributed by atoms with Gasteiger partial charge in [0.2, 0.25) is 0 Å². The minimum Gasteiger partial charge on any atom is -0.497 e. The number of carbonyl (C=O) groups is 2. The van der Waals surface area contributed by atoms with Gasteiger partial charge in [0, 0.05) is 18.8 Å². The van der Waals surface area contributed by atoms with Gasteiger partial charge in [-0.25, -0.2) is 0 Å². The second-order valence-corrected chi connectivity index (χ2v) is 5.97. The van der Waals surface area contributed by atoms with Crippen LogP contribution >= 0.6 is 0 Å². The summed E-state index contributed by atoms with van der Waals surface area (Å²) in [6, 6.07) is 8.10. The molecule has 0 amide bonds. The molecule has 120 valence electrons. The molecule has 0 radical (unpaired) electrons. The van der Waals surface area contributed by atoms with E-state index < -0.39 is 0 Å². The quantitative estimate of drug-likeness (QED) is 0.757. The Hall–Kier alpha value is -1.84. The first-order valence-corrected chi connectivity index (χ1v) is 7.84. The number of Topliss-reactive ketones (excluding diaryl/α,β-unsaturated/α-hetero) is 1. The second kappa shape index (κ2) is 7.97. The number of carbonyl (C=O) groups excluding carboxylic acids is 2. The largest absolute Gasteiger partial charge is 0.497 e. The lowest BCUT2D eigenvalue weighted by Gasteiger charge is -2.28. The molecule has 1 aliphatic rings. The number of methoxy groups -OCH3 is 2. The van der Waals surface area contributed by atoms with Gasteiger partial charge in [-0.3, -0.25) is 9.59 Å². The van der Waals surface area contributed by atoms with Crippen LogP contribution in [0.4, 0.5) is 0 Å². The van der Waals surface area contributed by atoms with Crippen LogP contribution in [0.15, 0.2) is 24.3 Å². The van der Waals surface area contributed by atoms with Crippen molar-refractivity contribution in [2.24, 2.45) is 11.8 Å². The molecular weight excluding hydrogens is 280 g/mol. The smallest absolute Gasteiger partial charge is 0.305 e. The summed E-state index contributed by atoms with van der Waals surface area (Å²) in [6.07, 6.45) is 4.38. The number of hydrogen-bond acceptors (Lipinski definition) is 4. The molecule has 0 aromatic heterocycles. The minimum absolute atomic E-state index is 0.0103. The van der Waals surface area contributed by atoms with Crippen molar-refractivity contribution in [1.29, 1.82) is 0 Å². The van der Waals surface area contributed by atoms with Gasteiger partial charge in [-0.15, -0.1) is 0 Å². The van der Waals surface area contributed by atoms with Crippen molar-refractivity contribution in [2.75, 3.05) is 14.2 Å². The molecule has 4 heteroatoms. The molecule has 2 atom stereocenters. The van der Waals surface area contributed by atoms with Crippen molar-refractivity contribution in [3.8, 4) is 5.75 Å². The number of ketones is 1. The molecular formula is C18H24O4. The Kier molecular flexibility index (Phi) is 5.99. The van der Waals surface area contributed by atoms with Crippen LogP contribution in [-0.2, 0) is 20.7 Å². The third-order valence-corrected chi connectivity index (χ3v) is 4.48. The van der Waals surface area contributed by atoms with Gasteiger partial charge in [0.1, 0.15) is 11.5 Å². The molecule has 1 aliphatic carbocycles. The maximum atomic E-state index is 12.0. The first kappa shape index (κ1) is 16.5. The maximum absolute atomic E-state index is 12.0. The number of ether oxygens (including phenoxy) is 2. The molecule has 1 aromatic carbocycles. The van der Waals surface area contributed by atoms with Gasteiger partial charge in [0.05, 0.1) is 14.2 Å². The molecule has 0 saturated heterocycles. The second-order valence-electron chi connectivity index (χ2n) is 5.97. The fraction of sp³-hybridized carbons (Fsp3) is 0.556. The fourth-order valence-corrected chi connectivity index (χ4v) is 3.16. The van der Waals surface area contributed by atoms with E-state index in [1.54, 1.807) is 7.11 Å². The molecule has 4 nitrogen and oxygen atoms in total. The van der Waals surface area contributed by atoms with Crippen LogP contribution < -0.4 is 4.74 Å². The summed E-state index contributed by atoms with van der Waals surface area (Å²) in [6.45, 7) is 0. The van der Waals surface area contributed by atoms with E-state index >= 15 is 0 Å². The summed E-state index contributed by atoms with van der Waals surface area (Å²) >= 11 is 0. The third-order valence-electron chi connectivity index (χ3n) is 4.48. The van der Waals surface area contributed by atoms with Gasteiger partial charge < -0.3 is 9.47 Å². The van der Waals surface area contributed by atoms with Gasteiger partial charge in [-0.1, -0.05) is 12.1 Å². The molecule has 1 aromatic rings. The number of hydrogen-bond donors (Lipinski definition) is 0. The monoisotopic (exact) mass is 304 g/mol. The summed E-state index contributed by atoms with van der Waals surface area (Å²) in [4.78, 5) is 23.3. The predicted octanol–water partition coefficient (Wildman–Crippen LogP) is 3.18. The first-order valence-electron chi connectivity index (χ1n) is 7.84. The molecule has 0 heterocycles. The maximum Gasteiger partial charge on any atom is 0.305 e. The molecule has 2 rings (SSSR count). The zero-order valence-electron chi connectivity index (χ0n) is 13.3. The van der Waals surface area contributed by atoms with Crippen LogP contribution in [0.25, 0.3) is 0 Å². The van der Waals surface area contributed by atoms with Crippen LogP contribution in [0, 0.1) is 11.8 Å². The van der Waals surface area contributed by atoms with E-state index in [0.717, 1.165) is 25.0 Å². The Morgan fingerprint density at radius 1 is 1.23 bits per heavy atom. The van der Waals surface area contributed by atoms with E-state index in [1.165, 1.54) is 12.7 Å². The van der Waals surface area contributed by atoms with Gasteiger partial charge in [-0.2, -0.15) is 0 Å². The van der Waals surface area contributed by atoms with Gasteiger partial charge in [0.25, 0.3) is 0 Å². The lowest BCUT2D eigenvalue weighted by molar-refractivity contribution is -0.141. The third kappa shape index (κ3) is 4.58. The van der Waals surface area contributed by atoms with Crippen molar-refractivity contribution in [1.82, 2.24) is 0 Å². The Labute approximate surface area is 131 Å². The SMILES string of the molecule is COC(=O)CCC1CC(Cc2ccc(OC)cc2)CCC1=O. The molecule has 0 N–H and O–H groups in total. The van der Waals surface area contributed by atoms with Crippen molar-refractivity contribution < 1.29 is 19.1 Å². The highest BCUT2D eigenvalue weighted by Crippen LogP contribution is 2.32. The summed E-state index contributed by atoms with van der Waals surface area (Å²) in [5, 5.41) is 0. The standard InChI is InChI=1S/C18H24O4/c1-21-16-7-3-13(4-8-16)11-14-5-9-17(19)15(12-14)6-10-18(20)22-2/h3-4,7-8,14-15H,5-6,9-12H2,1-2H3. The highest BCUT2D eigenvalue weighted by atomic mass is 16.5. The Balaban J connectivity index is 1.88. The van der Waals surface area contributed by atoms with E-state index in [1.807, 2.05) is 12.1 Å². The van der Waals surface area contributed by atoms with E-state index in [2.05, 4.69) is 16.9 Å². The van der Waals surface area contributed by atoms with Crippen LogP contribution in [0.2, 0.25) is 0 Å². The highest BCUT2D eigenvalue weighted by molar-refractivity contribution is 5.82. The molecule has 22 heavy (non-hydrogen) atoms. The van der Waals surface area contributed by atoms with Crippen molar-refractivity contribution in [3.63, 3.8) is 0 Å². The van der Waals surface area contributed by atoms with E-state index in [-0.39, 0.29) is 11.9 Å².